The molecule has 2 rings (SSSR count). The molecule has 0 aliphatic heterocycles. The predicted octanol–water partition coefficient (Wildman–Crippen LogP) is 3.24. The van der Waals surface area contributed by atoms with Crippen LogP contribution in [0, 0.1) is 0 Å². The smallest absolute Gasteiger partial charge is 0.118 e. The van der Waals surface area contributed by atoms with Gasteiger partial charge in [-0.2, -0.15) is 0 Å². The van der Waals surface area contributed by atoms with Crippen molar-refractivity contribution in [2.75, 3.05) is 19.9 Å². The van der Waals surface area contributed by atoms with E-state index in [1.807, 2.05) is 24.3 Å². The predicted molar refractivity (Wildman–Crippen MR) is 87.9 cm³/mol. The van der Waals surface area contributed by atoms with E-state index < -0.39 is 6.10 Å². The number of rotatable bonds is 7. The van der Waals surface area contributed by atoms with Crippen molar-refractivity contribution < 1.29 is 9.84 Å². The standard InChI is InChI=1S/C17H21NO2S/c1-20-15-7-5-14(6-8-15)17(19)12-18-11-13-3-9-16(21-2)10-4-13/h3-10,17-19H,11-12H2,1-2H3. The van der Waals surface area contributed by atoms with Crippen LogP contribution in [-0.4, -0.2) is 25.0 Å². The van der Waals surface area contributed by atoms with Gasteiger partial charge in [0.25, 0.3) is 0 Å². The van der Waals surface area contributed by atoms with E-state index >= 15 is 0 Å². The molecule has 2 N–H and O–H groups in total. The van der Waals surface area contributed by atoms with Gasteiger partial charge in [0.2, 0.25) is 0 Å². The van der Waals surface area contributed by atoms with Crippen LogP contribution in [0.4, 0.5) is 0 Å². The summed E-state index contributed by atoms with van der Waals surface area (Å²) in [5, 5.41) is 13.4. The first kappa shape index (κ1) is 15.9. The first-order valence-corrected chi connectivity index (χ1v) is 8.11. The number of ether oxygens (including phenoxy) is 1. The maximum Gasteiger partial charge on any atom is 0.118 e. The molecule has 0 saturated carbocycles. The summed E-state index contributed by atoms with van der Waals surface area (Å²) in [5.74, 6) is 0.799. The molecule has 21 heavy (non-hydrogen) atoms. The van der Waals surface area contributed by atoms with Gasteiger partial charge in [0.15, 0.2) is 0 Å². The van der Waals surface area contributed by atoms with Crippen molar-refractivity contribution in [2.45, 2.75) is 17.5 Å². The fourth-order valence-corrected chi connectivity index (χ4v) is 2.45. The van der Waals surface area contributed by atoms with Gasteiger partial charge in [-0.1, -0.05) is 24.3 Å². The Morgan fingerprint density at radius 3 is 2.33 bits per heavy atom. The van der Waals surface area contributed by atoms with Crippen molar-refractivity contribution >= 4 is 11.8 Å². The van der Waals surface area contributed by atoms with Gasteiger partial charge < -0.3 is 15.2 Å². The fourth-order valence-electron chi connectivity index (χ4n) is 2.04. The molecule has 4 heteroatoms. The van der Waals surface area contributed by atoms with E-state index in [0.29, 0.717) is 6.54 Å². The molecule has 0 aliphatic rings. The minimum absolute atomic E-state index is 0.513. The molecule has 0 radical (unpaired) electrons. The molecule has 1 unspecified atom stereocenters. The highest BCUT2D eigenvalue weighted by Crippen LogP contribution is 2.17. The lowest BCUT2D eigenvalue weighted by Crippen LogP contribution is -2.21. The summed E-state index contributed by atoms with van der Waals surface area (Å²) in [6.07, 6.45) is 1.56. The van der Waals surface area contributed by atoms with Gasteiger partial charge in [-0.15, -0.1) is 11.8 Å². The Labute approximate surface area is 130 Å². The number of benzene rings is 2. The van der Waals surface area contributed by atoms with Gasteiger partial charge in [0.05, 0.1) is 13.2 Å². The summed E-state index contributed by atoms with van der Waals surface area (Å²) in [5.41, 5.74) is 2.11. The van der Waals surface area contributed by atoms with Crippen molar-refractivity contribution in [1.82, 2.24) is 5.32 Å². The van der Waals surface area contributed by atoms with Crippen molar-refractivity contribution in [2.24, 2.45) is 0 Å². The molecule has 2 aromatic carbocycles. The second kappa shape index (κ2) is 8.08. The highest BCUT2D eigenvalue weighted by atomic mass is 32.2. The molecule has 0 amide bonds. The van der Waals surface area contributed by atoms with Crippen LogP contribution in [0.5, 0.6) is 5.75 Å². The highest BCUT2D eigenvalue weighted by molar-refractivity contribution is 7.98. The number of hydrogen-bond donors (Lipinski definition) is 2. The second-order valence-electron chi connectivity index (χ2n) is 4.77. The van der Waals surface area contributed by atoms with E-state index in [9.17, 15) is 5.11 Å². The lowest BCUT2D eigenvalue weighted by atomic mass is 10.1. The Morgan fingerprint density at radius 1 is 1.10 bits per heavy atom. The number of hydrogen-bond acceptors (Lipinski definition) is 4. The van der Waals surface area contributed by atoms with Crippen molar-refractivity contribution in [1.29, 1.82) is 0 Å². The third kappa shape index (κ3) is 4.77. The number of methoxy groups -OCH3 is 1. The van der Waals surface area contributed by atoms with Crippen LogP contribution in [-0.2, 0) is 6.54 Å². The quantitative estimate of drug-likeness (QED) is 0.771. The maximum absolute atomic E-state index is 10.1. The molecular formula is C17H21NO2S. The maximum atomic E-state index is 10.1. The van der Waals surface area contributed by atoms with Crippen molar-refractivity contribution in [3.05, 3.63) is 59.7 Å². The van der Waals surface area contributed by atoms with E-state index in [1.165, 1.54) is 10.5 Å². The monoisotopic (exact) mass is 303 g/mol. The molecule has 3 nitrogen and oxygen atoms in total. The topological polar surface area (TPSA) is 41.5 Å². The van der Waals surface area contributed by atoms with Gasteiger partial charge in [0, 0.05) is 18.0 Å². The number of aliphatic hydroxyl groups is 1. The van der Waals surface area contributed by atoms with Crippen LogP contribution in [0.15, 0.2) is 53.4 Å². The van der Waals surface area contributed by atoms with Crippen LogP contribution < -0.4 is 10.1 Å². The third-order valence-corrected chi connectivity index (χ3v) is 4.07. The minimum atomic E-state index is -0.513. The molecule has 1 atom stereocenters. The largest absolute Gasteiger partial charge is 0.497 e. The lowest BCUT2D eigenvalue weighted by molar-refractivity contribution is 0.174. The molecule has 0 fully saturated rings. The molecule has 112 valence electrons. The summed E-state index contributed by atoms with van der Waals surface area (Å²) in [6.45, 7) is 1.28. The number of aliphatic hydroxyl groups excluding tert-OH is 1. The molecule has 2 aromatic rings. The van der Waals surface area contributed by atoms with E-state index in [4.69, 9.17) is 4.74 Å². The van der Waals surface area contributed by atoms with E-state index in [0.717, 1.165) is 17.9 Å². The van der Waals surface area contributed by atoms with Gasteiger partial charge in [-0.3, -0.25) is 0 Å². The van der Waals surface area contributed by atoms with Crippen molar-refractivity contribution in [3.8, 4) is 5.75 Å². The summed E-state index contributed by atoms with van der Waals surface area (Å²) >= 11 is 1.74. The fraction of sp³-hybridized carbons (Fsp3) is 0.294. The Kier molecular flexibility index (Phi) is 6.11. The van der Waals surface area contributed by atoms with Crippen LogP contribution in [0.1, 0.15) is 17.2 Å². The van der Waals surface area contributed by atoms with Crippen LogP contribution in [0.3, 0.4) is 0 Å². The summed E-state index contributed by atoms with van der Waals surface area (Å²) in [7, 11) is 1.63. The third-order valence-electron chi connectivity index (χ3n) is 3.33. The van der Waals surface area contributed by atoms with E-state index in [-0.39, 0.29) is 0 Å². The number of nitrogens with one attached hydrogen (secondary N) is 1. The Balaban J connectivity index is 1.81. The molecule has 0 heterocycles. The van der Waals surface area contributed by atoms with Crippen LogP contribution in [0.25, 0.3) is 0 Å². The van der Waals surface area contributed by atoms with E-state index in [2.05, 4.69) is 35.8 Å². The average molecular weight is 303 g/mol. The zero-order valence-electron chi connectivity index (χ0n) is 12.4. The van der Waals surface area contributed by atoms with Crippen molar-refractivity contribution in [3.63, 3.8) is 0 Å². The molecule has 0 aromatic heterocycles. The molecule has 0 saturated heterocycles. The van der Waals surface area contributed by atoms with Gasteiger partial charge >= 0.3 is 0 Å². The summed E-state index contributed by atoms with van der Waals surface area (Å²) in [4.78, 5) is 1.26. The van der Waals surface area contributed by atoms with Gasteiger partial charge in [0.1, 0.15) is 5.75 Å². The zero-order valence-corrected chi connectivity index (χ0v) is 13.2. The molecular weight excluding hydrogens is 282 g/mol. The second-order valence-corrected chi connectivity index (χ2v) is 5.65. The SMILES string of the molecule is COc1ccc(C(O)CNCc2ccc(SC)cc2)cc1. The minimum Gasteiger partial charge on any atom is -0.497 e. The number of thioether (sulfide) groups is 1. The Morgan fingerprint density at radius 2 is 1.76 bits per heavy atom. The molecule has 0 bridgehead atoms. The molecule has 0 spiro atoms. The van der Waals surface area contributed by atoms with Crippen LogP contribution in [0.2, 0.25) is 0 Å². The lowest BCUT2D eigenvalue weighted by Gasteiger charge is -2.13. The highest BCUT2D eigenvalue weighted by Gasteiger charge is 2.07. The summed E-state index contributed by atoms with van der Waals surface area (Å²) in [6, 6.07) is 15.9. The van der Waals surface area contributed by atoms with Gasteiger partial charge in [-0.25, -0.2) is 0 Å². The summed E-state index contributed by atoms with van der Waals surface area (Å²) < 4.78 is 5.11. The van der Waals surface area contributed by atoms with E-state index in [1.54, 1.807) is 18.9 Å². The normalized spacial score (nSPS) is 12.1. The Hall–Kier alpha value is -1.49. The first-order valence-electron chi connectivity index (χ1n) is 6.88. The molecule has 0 aliphatic carbocycles. The Bertz CT molecular complexity index is 540. The van der Waals surface area contributed by atoms with Gasteiger partial charge in [-0.05, 0) is 41.6 Å². The average Bonchev–Trinajstić information content (AvgIpc) is 2.55. The van der Waals surface area contributed by atoms with Crippen LogP contribution >= 0.6 is 11.8 Å². The first-order chi connectivity index (χ1) is 10.2. The zero-order chi connectivity index (χ0) is 15.1.